The van der Waals surface area contributed by atoms with Crippen LogP contribution < -0.4 is 15.6 Å². The summed E-state index contributed by atoms with van der Waals surface area (Å²) in [5.74, 6) is -2.10. The van der Waals surface area contributed by atoms with Crippen molar-refractivity contribution in [1.82, 2.24) is 14.9 Å². The second-order valence-corrected chi connectivity index (χ2v) is 7.44. The number of aromatic nitrogens is 2. The van der Waals surface area contributed by atoms with Crippen LogP contribution in [0.2, 0.25) is 0 Å². The summed E-state index contributed by atoms with van der Waals surface area (Å²) >= 11 is 0. The monoisotopic (exact) mass is 392 g/mol. The summed E-state index contributed by atoms with van der Waals surface area (Å²) < 4.78 is 35.6. The van der Waals surface area contributed by atoms with Crippen LogP contribution in [0, 0.1) is 5.82 Å². The summed E-state index contributed by atoms with van der Waals surface area (Å²) in [7, 11) is 0. The number of alkyl halides is 1. The van der Waals surface area contributed by atoms with Gasteiger partial charge in [-0.2, -0.15) is 0 Å². The molecule has 0 spiro atoms. The van der Waals surface area contributed by atoms with E-state index in [2.05, 4.69) is 10.3 Å². The van der Waals surface area contributed by atoms with Crippen LogP contribution >= 0.6 is 0 Å². The molecule has 10 heteroatoms. The number of carbonyl (C=O) groups is 1. The minimum atomic E-state index is -1.44. The Hall–Kier alpha value is -2.59. The molecule has 3 aliphatic rings. The maximum absolute atomic E-state index is 14.9. The first kappa shape index (κ1) is 17.5. The normalized spacial score (nSPS) is 29.1. The number of nitrogens with zero attached hydrogens (tertiary/aromatic N) is 3. The minimum absolute atomic E-state index is 0.0552. The van der Waals surface area contributed by atoms with Gasteiger partial charge < -0.3 is 24.6 Å². The van der Waals surface area contributed by atoms with E-state index in [1.807, 2.05) is 0 Å². The minimum Gasteiger partial charge on any atom is -0.477 e. The zero-order chi connectivity index (χ0) is 19.6. The number of fused-ring (bicyclic) bond motifs is 2. The summed E-state index contributed by atoms with van der Waals surface area (Å²) in [5.41, 5.74) is -1.25. The van der Waals surface area contributed by atoms with E-state index in [1.54, 1.807) is 4.90 Å². The van der Waals surface area contributed by atoms with Gasteiger partial charge in [0.05, 0.1) is 30.2 Å². The van der Waals surface area contributed by atoms with E-state index < -0.39 is 35.0 Å². The predicted molar refractivity (Wildman–Crippen MR) is 95.2 cm³/mol. The molecule has 2 N–H and O–H groups in total. The molecule has 2 aromatic rings. The number of aromatic carboxylic acids is 1. The van der Waals surface area contributed by atoms with Crippen LogP contribution in [0.4, 0.5) is 14.6 Å². The van der Waals surface area contributed by atoms with Gasteiger partial charge in [-0.15, -0.1) is 0 Å². The van der Waals surface area contributed by atoms with Gasteiger partial charge in [0.15, 0.2) is 11.6 Å². The standard InChI is InChI=1S/C18H18F2N4O4/c19-10-4-13(10)24-5-9(18(26)27)15(25)8-3-11(20)17(22-16(8)24)23-6-12-14(7-23)28-2-1-21-12/h3,5,10,12-14,21H,1-2,4,6-7H2,(H,26,27)/t10?,12?,13?,14-/m1/s1. The molecule has 1 aliphatic carbocycles. The Morgan fingerprint density at radius 2 is 2.18 bits per heavy atom. The van der Waals surface area contributed by atoms with Crippen LogP contribution in [-0.4, -0.2) is 65.2 Å². The number of halogens is 2. The van der Waals surface area contributed by atoms with E-state index in [9.17, 15) is 23.5 Å². The summed E-state index contributed by atoms with van der Waals surface area (Å²) in [6, 6.07) is 0.466. The van der Waals surface area contributed by atoms with E-state index in [1.165, 1.54) is 4.57 Å². The van der Waals surface area contributed by atoms with Crippen LogP contribution in [-0.2, 0) is 4.74 Å². The van der Waals surface area contributed by atoms with Crippen molar-refractivity contribution in [1.29, 1.82) is 0 Å². The Labute approximate surface area is 157 Å². The van der Waals surface area contributed by atoms with Crippen molar-refractivity contribution < 1.29 is 23.4 Å². The van der Waals surface area contributed by atoms with Crippen molar-refractivity contribution in [3.8, 4) is 0 Å². The lowest BCUT2D eigenvalue weighted by Gasteiger charge is -2.25. The first-order chi connectivity index (χ1) is 13.4. The molecule has 2 aromatic heterocycles. The number of rotatable bonds is 3. The number of carboxylic acid groups (broad SMARTS) is 1. The first-order valence-corrected chi connectivity index (χ1v) is 9.16. The highest BCUT2D eigenvalue weighted by Gasteiger charge is 2.41. The van der Waals surface area contributed by atoms with Crippen molar-refractivity contribution in [2.24, 2.45) is 0 Å². The molecule has 8 nitrogen and oxygen atoms in total. The Bertz CT molecular complexity index is 1030. The number of ether oxygens (including phenoxy) is 1. The fraction of sp³-hybridized carbons (Fsp3) is 0.500. The highest BCUT2D eigenvalue weighted by molar-refractivity contribution is 5.92. The van der Waals surface area contributed by atoms with Crippen molar-refractivity contribution in [2.75, 3.05) is 31.1 Å². The molecule has 0 bridgehead atoms. The van der Waals surface area contributed by atoms with Crippen LogP contribution in [0.3, 0.4) is 0 Å². The Kier molecular flexibility index (Phi) is 3.88. The predicted octanol–water partition coefficient (Wildman–Crippen LogP) is 0.694. The van der Waals surface area contributed by atoms with Gasteiger partial charge >= 0.3 is 5.97 Å². The maximum atomic E-state index is 14.9. The molecule has 5 rings (SSSR count). The molecule has 0 radical (unpaired) electrons. The zero-order valence-electron chi connectivity index (χ0n) is 14.8. The first-order valence-electron chi connectivity index (χ1n) is 9.16. The lowest BCUT2D eigenvalue weighted by atomic mass is 10.2. The van der Waals surface area contributed by atoms with Gasteiger partial charge in [0, 0.05) is 32.3 Å². The molecule has 0 aromatic carbocycles. The SMILES string of the molecule is O=C(O)c1cn(C2CC2F)c2nc(N3CC4NCCO[C@@H]4C3)c(F)cc2c1=O. The summed E-state index contributed by atoms with van der Waals surface area (Å²) in [6.07, 6.45) is 0.0907. The van der Waals surface area contributed by atoms with E-state index in [4.69, 9.17) is 4.74 Å². The van der Waals surface area contributed by atoms with Gasteiger partial charge in [-0.05, 0) is 6.07 Å². The van der Waals surface area contributed by atoms with E-state index in [-0.39, 0.29) is 35.4 Å². The molecule has 4 heterocycles. The Balaban J connectivity index is 1.64. The number of hydrogen-bond donors (Lipinski definition) is 2. The molecule has 2 saturated heterocycles. The summed E-state index contributed by atoms with van der Waals surface area (Å²) in [4.78, 5) is 30.0. The molecule has 28 heavy (non-hydrogen) atoms. The molecule has 0 amide bonds. The average Bonchev–Trinajstić information content (AvgIpc) is 3.23. The van der Waals surface area contributed by atoms with Gasteiger partial charge in [-0.1, -0.05) is 0 Å². The van der Waals surface area contributed by atoms with E-state index in [0.717, 1.165) is 18.8 Å². The van der Waals surface area contributed by atoms with Crippen LogP contribution in [0.25, 0.3) is 11.0 Å². The highest BCUT2D eigenvalue weighted by Crippen LogP contribution is 2.40. The third-order valence-electron chi connectivity index (χ3n) is 5.61. The van der Waals surface area contributed by atoms with Crippen LogP contribution in [0.15, 0.2) is 17.1 Å². The third kappa shape index (κ3) is 2.67. The molecule has 1 saturated carbocycles. The maximum Gasteiger partial charge on any atom is 0.341 e. The molecule has 3 fully saturated rings. The number of nitrogens with one attached hydrogen (secondary N) is 1. The third-order valence-corrected chi connectivity index (χ3v) is 5.61. The smallest absolute Gasteiger partial charge is 0.341 e. The van der Waals surface area contributed by atoms with Gasteiger partial charge in [0.25, 0.3) is 0 Å². The van der Waals surface area contributed by atoms with Crippen molar-refractivity contribution in [2.45, 2.75) is 30.8 Å². The number of hydrogen-bond acceptors (Lipinski definition) is 6. The number of pyridine rings is 2. The van der Waals surface area contributed by atoms with Crippen LogP contribution in [0.5, 0.6) is 0 Å². The fourth-order valence-corrected chi connectivity index (χ4v) is 4.07. The summed E-state index contributed by atoms with van der Waals surface area (Å²) in [6.45, 7) is 2.24. The van der Waals surface area contributed by atoms with Crippen molar-refractivity contribution in [3.05, 3.63) is 33.9 Å². The fourth-order valence-electron chi connectivity index (χ4n) is 4.07. The zero-order valence-corrected chi connectivity index (χ0v) is 14.8. The number of anilines is 1. The number of morpholine rings is 1. The van der Waals surface area contributed by atoms with Gasteiger partial charge in [0.2, 0.25) is 5.43 Å². The Morgan fingerprint density at radius 3 is 2.86 bits per heavy atom. The molecular formula is C18H18F2N4O4. The summed E-state index contributed by atoms with van der Waals surface area (Å²) in [5, 5.41) is 12.4. The lowest BCUT2D eigenvalue weighted by Crippen LogP contribution is -2.47. The second kappa shape index (κ2) is 6.21. The number of carboxylic acids is 1. The molecular weight excluding hydrogens is 374 g/mol. The molecule has 3 unspecified atom stereocenters. The Morgan fingerprint density at radius 1 is 1.39 bits per heavy atom. The van der Waals surface area contributed by atoms with E-state index in [0.29, 0.717) is 19.7 Å². The molecule has 2 aliphatic heterocycles. The van der Waals surface area contributed by atoms with Crippen LogP contribution in [0.1, 0.15) is 22.8 Å². The lowest BCUT2D eigenvalue weighted by molar-refractivity contribution is 0.0212. The van der Waals surface area contributed by atoms with Crippen molar-refractivity contribution >= 4 is 22.8 Å². The van der Waals surface area contributed by atoms with Gasteiger partial charge in [0.1, 0.15) is 17.4 Å². The molecule has 148 valence electrons. The largest absolute Gasteiger partial charge is 0.477 e. The van der Waals surface area contributed by atoms with Gasteiger partial charge in [-0.25, -0.2) is 18.6 Å². The van der Waals surface area contributed by atoms with Crippen molar-refractivity contribution in [3.63, 3.8) is 0 Å². The topological polar surface area (TPSA) is 96.7 Å². The molecule has 4 atom stereocenters. The highest BCUT2D eigenvalue weighted by atomic mass is 19.1. The quantitative estimate of drug-likeness (QED) is 0.794. The second-order valence-electron chi connectivity index (χ2n) is 7.44. The van der Waals surface area contributed by atoms with Gasteiger partial charge in [-0.3, -0.25) is 4.79 Å². The van der Waals surface area contributed by atoms with E-state index >= 15 is 0 Å². The average molecular weight is 392 g/mol.